The van der Waals surface area contributed by atoms with Crippen molar-refractivity contribution in [3.8, 4) is 0 Å². The molecular formula is C39H46O3P2. The fourth-order valence-corrected chi connectivity index (χ4v) is 11.3. The van der Waals surface area contributed by atoms with Gasteiger partial charge in [0, 0.05) is 33.2 Å². The molecule has 1 aromatic heterocycles. The lowest BCUT2D eigenvalue weighted by Gasteiger charge is -2.26. The Morgan fingerprint density at radius 3 is 1.43 bits per heavy atom. The van der Waals surface area contributed by atoms with Gasteiger partial charge in [0.25, 0.3) is 0 Å². The van der Waals surface area contributed by atoms with Crippen LogP contribution in [-0.4, -0.2) is 6.35 Å². The highest BCUT2D eigenvalue weighted by molar-refractivity contribution is 7.59. The van der Waals surface area contributed by atoms with E-state index >= 15 is 0 Å². The van der Waals surface area contributed by atoms with Crippen LogP contribution in [0.3, 0.4) is 0 Å². The second kappa shape index (κ2) is 12.2. The third kappa shape index (κ3) is 6.30. The molecule has 5 heteroatoms. The SMILES string of the molecule is Cc1cc(C(C)(C)C)c2op(OCP3C(c4ccccc4)CC[C@H]3c3ccccc3)oc3c(C(C)(C)C)cc(C)cc3c2c1. The third-order valence-electron chi connectivity index (χ3n) is 8.90. The number of rotatable bonds is 5. The Hall–Kier alpha value is -2.83. The molecule has 1 fully saturated rings. The van der Waals surface area contributed by atoms with Gasteiger partial charge >= 0.3 is 8.24 Å². The zero-order chi connectivity index (χ0) is 31.2. The van der Waals surface area contributed by atoms with Gasteiger partial charge in [0.15, 0.2) is 0 Å². The van der Waals surface area contributed by atoms with Crippen LogP contribution in [0.15, 0.2) is 93.3 Å². The van der Waals surface area contributed by atoms with E-state index in [1.54, 1.807) is 0 Å². The minimum Gasteiger partial charge on any atom is -0.399 e. The highest BCUT2D eigenvalue weighted by Gasteiger charge is 2.38. The van der Waals surface area contributed by atoms with E-state index in [0.29, 0.717) is 17.7 Å². The van der Waals surface area contributed by atoms with Crippen LogP contribution in [0, 0.1) is 13.8 Å². The molecule has 0 amide bonds. The molecule has 0 N–H and O–H groups in total. The minimum atomic E-state index is -1.69. The van der Waals surface area contributed by atoms with E-state index in [9.17, 15) is 0 Å². The molecule has 44 heavy (non-hydrogen) atoms. The maximum absolute atomic E-state index is 6.93. The Kier molecular flexibility index (Phi) is 8.62. The molecule has 4 aromatic carbocycles. The summed E-state index contributed by atoms with van der Waals surface area (Å²) >= 11 is 0. The molecular weight excluding hydrogens is 578 g/mol. The van der Waals surface area contributed by atoms with Crippen LogP contribution in [0.2, 0.25) is 0 Å². The summed E-state index contributed by atoms with van der Waals surface area (Å²) in [5.41, 5.74) is 10.2. The topological polar surface area (TPSA) is 35.5 Å². The van der Waals surface area contributed by atoms with Crippen LogP contribution in [0.1, 0.15) is 99.1 Å². The van der Waals surface area contributed by atoms with Crippen molar-refractivity contribution in [3.05, 3.63) is 118 Å². The van der Waals surface area contributed by atoms with Crippen LogP contribution in [0.25, 0.3) is 21.9 Å². The molecule has 2 unspecified atom stereocenters. The van der Waals surface area contributed by atoms with Gasteiger partial charge in [0.05, 0.1) is 6.35 Å². The highest BCUT2D eigenvalue weighted by atomic mass is 31.1. The lowest BCUT2D eigenvalue weighted by atomic mass is 9.83. The van der Waals surface area contributed by atoms with Crippen LogP contribution >= 0.6 is 16.2 Å². The molecule has 230 valence electrons. The number of fused-ring (bicyclic) bond motifs is 3. The summed E-state index contributed by atoms with van der Waals surface area (Å²) in [6, 6.07) is 31.1. The van der Waals surface area contributed by atoms with Crippen molar-refractivity contribution in [1.82, 2.24) is 0 Å². The summed E-state index contributed by atoms with van der Waals surface area (Å²) in [6.45, 7) is 17.9. The van der Waals surface area contributed by atoms with E-state index in [0.717, 1.165) is 21.9 Å². The zero-order valence-corrected chi connectivity index (χ0v) is 29.3. The Morgan fingerprint density at radius 1 is 0.636 bits per heavy atom. The molecule has 1 aliphatic heterocycles. The Morgan fingerprint density at radius 2 is 1.05 bits per heavy atom. The quantitative estimate of drug-likeness (QED) is 0.183. The lowest BCUT2D eigenvalue weighted by Crippen LogP contribution is -2.12. The standard InChI is InChI=1S/C39H46O3P2/c1-26-21-30-31-22-27(2)24-33(39(6,7)8)37(31)42-44(41-36(30)32(23-26)38(3,4)5)40-25-43-34(28-15-11-9-12-16-28)19-20-35(43)29-17-13-10-14-18-29/h9-18,21-24,34-35H,19-20,25H2,1-8H3/t34-,35?,43?/m0/s1. The average molecular weight is 625 g/mol. The summed E-state index contributed by atoms with van der Waals surface area (Å²) < 4.78 is 20.8. The van der Waals surface area contributed by atoms with E-state index in [-0.39, 0.29) is 10.8 Å². The Labute approximate surface area is 265 Å². The maximum atomic E-state index is 6.93. The molecule has 3 atom stereocenters. The minimum absolute atomic E-state index is 0.107. The molecule has 3 nitrogen and oxygen atoms in total. The average Bonchev–Trinajstić information content (AvgIpc) is 3.34. The smallest absolute Gasteiger partial charge is 0.387 e. The van der Waals surface area contributed by atoms with Crippen molar-refractivity contribution >= 4 is 38.1 Å². The van der Waals surface area contributed by atoms with E-state index in [1.807, 2.05) is 0 Å². The highest BCUT2D eigenvalue weighted by Crippen LogP contribution is 2.70. The van der Waals surface area contributed by atoms with E-state index in [1.165, 1.54) is 46.2 Å². The van der Waals surface area contributed by atoms with Gasteiger partial charge in [-0.05, 0) is 71.9 Å². The van der Waals surface area contributed by atoms with Crippen LogP contribution < -0.4 is 4.52 Å². The van der Waals surface area contributed by atoms with Gasteiger partial charge < -0.3 is 8.39 Å². The first kappa shape index (κ1) is 31.2. The molecule has 1 aliphatic rings. The monoisotopic (exact) mass is 624 g/mol. The molecule has 0 radical (unpaired) electrons. The second-order valence-electron chi connectivity index (χ2n) is 14.5. The van der Waals surface area contributed by atoms with Gasteiger partial charge in [-0.3, -0.25) is 4.52 Å². The van der Waals surface area contributed by atoms with Crippen LogP contribution in [-0.2, 0) is 10.8 Å². The number of benzene rings is 4. The predicted octanol–water partition coefficient (Wildman–Crippen LogP) is 12.6. The Balaban J connectivity index is 1.53. The summed E-state index contributed by atoms with van der Waals surface area (Å²) in [7, 11) is -2.22. The van der Waals surface area contributed by atoms with E-state index in [2.05, 4.69) is 140 Å². The summed E-state index contributed by atoms with van der Waals surface area (Å²) in [4.78, 5) is 0. The number of aryl methyl sites for hydroxylation is 2. The van der Waals surface area contributed by atoms with Crippen molar-refractivity contribution in [3.63, 3.8) is 0 Å². The largest absolute Gasteiger partial charge is 0.399 e. The molecule has 0 bridgehead atoms. The summed E-state index contributed by atoms with van der Waals surface area (Å²) in [5.74, 6) is 0. The van der Waals surface area contributed by atoms with Gasteiger partial charge in [0.1, 0.15) is 11.2 Å². The van der Waals surface area contributed by atoms with Crippen molar-refractivity contribution in [1.29, 1.82) is 0 Å². The first-order valence-electron chi connectivity index (χ1n) is 15.9. The van der Waals surface area contributed by atoms with Gasteiger partial charge in [-0.25, -0.2) is 0 Å². The first-order chi connectivity index (χ1) is 20.9. The normalized spacial score (nSPS) is 19.1. The summed E-state index contributed by atoms with van der Waals surface area (Å²) in [6.07, 6.45) is 2.98. The molecule has 5 aromatic rings. The number of hydrogen-bond donors (Lipinski definition) is 0. The molecule has 2 heterocycles. The molecule has 6 rings (SSSR count). The van der Waals surface area contributed by atoms with Crippen molar-refractivity contribution in [2.24, 2.45) is 0 Å². The van der Waals surface area contributed by atoms with Crippen molar-refractivity contribution < 1.29 is 12.9 Å². The zero-order valence-electron chi connectivity index (χ0n) is 27.5. The fraction of sp³-hybridized carbons (Fsp3) is 0.385. The summed E-state index contributed by atoms with van der Waals surface area (Å²) in [5, 5.41) is 2.20. The third-order valence-corrected chi connectivity index (χ3v) is 13.2. The van der Waals surface area contributed by atoms with Gasteiger partial charge in [-0.2, -0.15) is 0 Å². The molecule has 1 saturated heterocycles. The van der Waals surface area contributed by atoms with Crippen molar-refractivity contribution in [2.75, 3.05) is 6.35 Å². The predicted molar refractivity (Wildman–Crippen MR) is 189 cm³/mol. The number of hydrogen-bond acceptors (Lipinski definition) is 3. The second-order valence-corrected chi connectivity index (χ2v) is 18.1. The van der Waals surface area contributed by atoms with Crippen LogP contribution in [0.4, 0.5) is 0 Å². The van der Waals surface area contributed by atoms with Gasteiger partial charge in [-0.1, -0.05) is 122 Å². The Bertz CT molecular complexity index is 1680. The molecule has 0 saturated carbocycles. The lowest BCUT2D eigenvalue weighted by molar-refractivity contribution is 0.430. The van der Waals surface area contributed by atoms with Gasteiger partial charge in [-0.15, -0.1) is 0 Å². The van der Waals surface area contributed by atoms with Crippen LogP contribution in [0.5, 0.6) is 0 Å². The van der Waals surface area contributed by atoms with E-state index < -0.39 is 16.2 Å². The first-order valence-corrected chi connectivity index (χ1v) is 18.6. The molecule has 0 spiro atoms. The van der Waals surface area contributed by atoms with Gasteiger partial charge in [0.2, 0.25) is 0 Å². The maximum Gasteiger partial charge on any atom is 0.387 e. The van der Waals surface area contributed by atoms with Crippen molar-refractivity contribution in [2.45, 2.75) is 90.4 Å². The van der Waals surface area contributed by atoms with E-state index in [4.69, 9.17) is 12.9 Å². The fourth-order valence-electron chi connectivity index (χ4n) is 6.70. The molecule has 0 aliphatic carbocycles.